The predicted molar refractivity (Wildman–Crippen MR) is 91.4 cm³/mol. The minimum atomic E-state index is -0.293. The lowest BCUT2D eigenvalue weighted by atomic mass is 10.1. The largest absolute Gasteiger partial charge is 0.350 e. The number of fused-ring (bicyclic) bond motifs is 2. The molecular formula is C17H14N6O. The molecule has 0 fully saturated rings. The molecule has 7 nitrogen and oxygen atoms in total. The van der Waals surface area contributed by atoms with Gasteiger partial charge in [-0.25, -0.2) is 9.50 Å². The van der Waals surface area contributed by atoms with Crippen molar-refractivity contribution in [2.75, 3.05) is 5.32 Å². The Balaban J connectivity index is 1.55. The van der Waals surface area contributed by atoms with Crippen molar-refractivity contribution in [2.45, 2.75) is 0 Å². The van der Waals surface area contributed by atoms with Crippen LogP contribution in [0.15, 0.2) is 55.0 Å². The van der Waals surface area contributed by atoms with E-state index in [0.717, 1.165) is 16.5 Å². The zero-order valence-electron chi connectivity index (χ0n) is 12.9. The molecule has 4 rings (SSSR count). The first-order chi connectivity index (χ1) is 11.7. The monoisotopic (exact) mass is 318 g/mol. The van der Waals surface area contributed by atoms with Crippen LogP contribution in [-0.2, 0) is 11.8 Å². The Labute approximate surface area is 137 Å². The van der Waals surface area contributed by atoms with Gasteiger partial charge in [0, 0.05) is 48.2 Å². The number of rotatable bonds is 3. The highest BCUT2D eigenvalue weighted by Crippen LogP contribution is 2.21. The molecule has 24 heavy (non-hydrogen) atoms. The maximum Gasteiger partial charge on any atom is 0.253 e. The molecule has 1 amide bonds. The van der Waals surface area contributed by atoms with Gasteiger partial charge in [-0.3, -0.25) is 10.1 Å². The van der Waals surface area contributed by atoms with Crippen molar-refractivity contribution in [2.24, 2.45) is 7.05 Å². The molecule has 0 saturated heterocycles. The molecule has 3 heterocycles. The average molecular weight is 318 g/mol. The molecule has 3 aromatic heterocycles. The SMILES string of the molecule is Cn1cc(/C=C\C(=O)Nc2nc3ncccn3n2)c2ccccc21. The molecule has 0 aliphatic carbocycles. The number of carbonyl (C=O) groups is 1. The summed E-state index contributed by atoms with van der Waals surface area (Å²) in [5.74, 6) is 0.367. The molecule has 1 aromatic carbocycles. The Hall–Kier alpha value is -3.48. The quantitative estimate of drug-likeness (QED) is 0.588. The van der Waals surface area contributed by atoms with E-state index in [-0.39, 0.29) is 11.9 Å². The summed E-state index contributed by atoms with van der Waals surface area (Å²) in [5, 5.41) is 7.87. The number of nitrogens with zero attached hydrogens (tertiary/aromatic N) is 5. The van der Waals surface area contributed by atoms with Crippen LogP contribution in [0.1, 0.15) is 5.56 Å². The maximum absolute atomic E-state index is 12.1. The molecule has 0 atom stereocenters. The number of hydrogen-bond donors (Lipinski definition) is 1. The molecule has 1 N–H and O–H groups in total. The molecule has 0 bridgehead atoms. The first-order valence-corrected chi connectivity index (χ1v) is 7.41. The van der Waals surface area contributed by atoms with Crippen molar-refractivity contribution in [3.05, 3.63) is 60.6 Å². The second-order valence-electron chi connectivity index (χ2n) is 5.33. The minimum absolute atomic E-state index is 0.223. The number of benzene rings is 1. The van der Waals surface area contributed by atoms with Crippen molar-refractivity contribution >= 4 is 34.6 Å². The van der Waals surface area contributed by atoms with Crippen molar-refractivity contribution < 1.29 is 4.79 Å². The van der Waals surface area contributed by atoms with Gasteiger partial charge in [0.1, 0.15) is 0 Å². The fourth-order valence-electron chi connectivity index (χ4n) is 2.61. The van der Waals surface area contributed by atoms with E-state index in [9.17, 15) is 4.79 Å². The van der Waals surface area contributed by atoms with Gasteiger partial charge >= 0.3 is 0 Å². The third-order valence-electron chi connectivity index (χ3n) is 3.69. The number of hydrogen-bond acceptors (Lipinski definition) is 4. The summed E-state index contributed by atoms with van der Waals surface area (Å²) >= 11 is 0. The minimum Gasteiger partial charge on any atom is -0.350 e. The zero-order chi connectivity index (χ0) is 16.5. The zero-order valence-corrected chi connectivity index (χ0v) is 12.9. The van der Waals surface area contributed by atoms with Gasteiger partial charge in [-0.05, 0) is 18.2 Å². The standard InChI is InChI=1S/C17H14N6O/c1-22-11-12(13-5-2-3-6-14(13)22)7-8-15(24)19-16-20-17-18-9-4-10-23(17)21-16/h2-11H,1H3,(H,19,21,24)/b8-7-. The predicted octanol–water partition coefficient (Wildman–Crippen LogP) is 2.27. The van der Waals surface area contributed by atoms with Gasteiger partial charge < -0.3 is 4.57 Å². The van der Waals surface area contributed by atoms with Gasteiger partial charge in [0.05, 0.1) is 0 Å². The summed E-state index contributed by atoms with van der Waals surface area (Å²) in [6.07, 6.45) is 8.58. The van der Waals surface area contributed by atoms with Gasteiger partial charge in [0.15, 0.2) is 0 Å². The van der Waals surface area contributed by atoms with E-state index in [1.54, 1.807) is 24.5 Å². The lowest BCUT2D eigenvalue weighted by Crippen LogP contribution is -2.09. The van der Waals surface area contributed by atoms with Crippen molar-refractivity contribution in [1.29, 1.82) is 0 Å². The summed E-state index contributed by atoms with van der Waals surface area (Å²) in [4.78, 5) is 20.3. The number of para-hydroxylation sites is 1. The first kappa shape index (κ1) is 14.1. The smallest absolute Gasteiger partial charge is 0.253 e. The van der Waals surface area contributed by atoms with Crippen LogP contribution in [-0.4, -0.2) is 30.1 Å². The van der Waals surface area contributed by atoms with E-state index in [0.29, 0.717) is 5.78 Å². The van der Waals surface area contributed by atoms with Crippen molar-refractivity contribution in [1.82, 2.24) is 24.1 Å². The molecule has 0 aliphatic rings. The highest BCUT2D eigenvalue weighted by atomic mass is 16.1. The molecule has 0 unspecified atom stereocenters. The van der Waals surface area contributed by atoms with Crippen LogP contribution in [0.5, 0.6) is 0 Å². The molecule has 0 saturated carbocycles. The van der Waals surface area contributed by atoms with Crippen LogP contribution in [0.25, 0.3) is 22.8 Å². The lowest BCUT2D eigenvalue weighted by molar-refractivity contribution is -0.111. The Bertz CT molecular complexity index is 1040. The van der Waals surface area contributed by atoms with E-state index in [1.807, 2.05) is 42.1 Å². The molecule has 118 valence electrons. The fourth-order valence-corrected chi connectivity index (χ4v) is 2.61. The molecule has 0 spiro atoms. The summed E-state index contributed by atoms with van der Waals surface area (Å²) in [5.41, 5.74) is 2.10. The van der Waals surface area contributed by atoms with Gasteiger partial charge in [-0.2, -0.15) is 4.98 Å². The highest BCUT2D eigenvalue weighted by Gasteiger charge is 2.07. The Morgan fingerprint density at radius 2 is 2.12 bits per heavy atom. The number of aromatic nitrogens is 5. The number of carbonyl (C=O) groups excluding carboxylic acids is 1. The second-order valence-corrected chi connectivity index (χ2v) is 5.33. The molecular weight excluding hydrogens is 304 g/mol. The van der Waals surface area contributed by atoms with E-state index in [2.05, 4.69) is 20.4 Å². The van der Waals surface area contributed by atoms with Crippen LogP contribution in [0.3, 0.4) is 0 Å². The summed E-state index contributed by atoms with van der Waals surface area (Å²) in [6, 6.07) is 9.79. The Kier molecular flexibility index (Phi) is 3.31. The van der Waals surface area contributed by atoms with Gasteiger partial charge in [0.2, 0.25) is 0 Å². The molecule has 0 aliphatic heterocycles. The van der Waals surface area contributed by atoms with Crippen molar-refractivity contribution in [3.8, 4) is 0 Å². The van der Waals surface area contributed by atoms with Crippen LogP contribution < -0.4 is 5.32 Å². The molecule has 0 radical (unpaired) electrons. The maximum atomic E-state index is 12.1. The van der Waals surface area contributed by atoms with E-state index in [4.69, 9.17) is 0 Å². The number of nitrogens with one attached hydrogen (secondary N) is 1. The van der Waals surface area contributed by atoms with Gasteiger partial charge in [0.25, 0.3) is 17.6 Å². The topological polar surface area (TPSA) is 77.1 Å². The lowest BCUT2D eigenvalue weighted by Gasteiger charge is -1.94. The van der Waals surface area contributed by atoms with Crippen LogP contribution in [0, 0.1) is 0 Å². The Morgan fingerprint density at radius 1 is 1.25 bits per heavy atom. The summed E-state index contributed by atoms with van der Waals surface area (Å²) in [6.45, 7) is 0. The third kappa shape index (κ3) is 2.52. The van der Waals surface area contributed by atoms with E-state index in [1.165, 1.54) is 10.6 Å². The highest BCUT2D eigenvalue weighted by molar-refractivity contribution is 6.02. The number of amides is 1. The van der Waals surface area contributed by atoms with Gasteiger partial charge in [-0.1, -0.05) is 18.2 Å². The number of anilines is 1. The van der Waals surface area contributed by atoms with Crippen LogP contribution in [0.4, 0.5) is 5.95 Å². The fraction of sp³-hybridized carbons (Fsp3) is 0.0588. The molecule has 4 aromatic rings. The van der Waals surface area contributed by atoms with Crippen molar-refractivity contribution in [3.63, 3.8) is 0 Å². The van der Waals surface area contributed by atoms with Crippen LogP contribution >= 0.6 is 0 Å². The number of aryl methyl sites for hydroxylation is 1. The second kappa shape index (κ2) is 5.62. The average Bonchev–Trinajstić information content (AvgIpc) is 3.14. The summed E-state index contributed by atoms with van der Waals surface area (Å²) < 4.78 is 3.53. The van der Waals surface area contributed by atoms with E-state index >= 15 is 0 Å². The third-order valence-corrected chi connectivity index (χ3v) is 3.69. The Morgan fingerprint density at radius 3 is 3.00 bits per heavy atom. The molecule has 7 heteroatoms. The van der Waals surface area contributed by atoms with E-state index < -0.39 is 0 Å². The first-order valence-electron chi connectivity index (χ1n) is 7.41. The van der Waals surface area contributed by atoms with Crippen LogP contribution in [0.2, 0.25) is 0 Å². The van der Waals surface area contributed by atoms with Gasteiger partial charge in [-0.15, -0.1) is 5.10 Å². The normalized spacial score (nSPS) is 11.5. The summed E-state index contributed by atoms with van der Waals surface area (Å²) in [7, 11) is 1.98.